The van der Waals surface area contributed by atoms with Gasteiger partial charge in [0.15, 0.2) is 0 Å². The number of likely N-dealkylation sites (N-methyl/N-ethyl adjacent to an activating group) is 1. The van der Waals surface area contributed by atoms with Gasteiger partial charge in [0.25, 0.3) is 0 Å². The van der Waals surface area contributed by atoms with E-state index in [2.05, 4.69) is 29.2 Å². The van der Waals surface area contributed by atoms with Crippen molar-refractivity contribution in [3.05, 3.63) is 82.6 Å². The maximum absolute atomic E-state index is 11.9. The second-order valence-electron chi connectivity index (χ2n) is 6.65. The van der Waals surface area contributed by atoms with Crippen molar-refractivity contribution in [2.24, 2.45) is 0 Å². The normalized spacial score (nSPS) is 13.2. The van der Waals surface area contributed by atoms with Gasteiger partial charge in [0, 0.05) is 35.7 Å². The van der Waals surface area contributed by atoms with Crippen LogP contribution in [-0.4, -0.2) is 17.9 Å². The van der Waals surface area contributed by atoms with Crippen molar-refractivity contribution in [3.63, 3.8) is 0 Å². The van der Waals surface area contributed by atoms with Crippen LogP contribution < -0.4 is 4.90 Å². The van der Waals surface area contributed by atoms with Gasteiger partial charge in [-0.05, 0) is 53.3 Å². The maximum atomic E-state index is 11.9. The molecule has 0 bridgehead atoms. The third-order valence-corrected chi connectivity index (χ3v) is 5.30. The van der Waals surface area contributed by atoms with Gasteiger partial charge in [0.1, 0.15) is 0 Å². The Morgan fingerprint density at radius 3 is 2.73 bits per heavy atom. The summed E-state index contributed by atoms with van der Waals surface area (Å²) in [5.41, 5.74) is 6.55. The van der Waals surface area contributed by atoms with Crippen LogP contribution in [0.1, 0.15) is 16.7 Å². The predicted octanol–water partition coefficient (Wildman–Crippen LogP) is 4.71. The number of halogens is 1. The predicted molar refractivity (Wildman–Crippen MR) is 106 cm³/mol. The van der Waals surface area contributed by atoms with E-state index in [9.17, 15) is 4.79 Å². The SMILES string of the molecule is CN1C(=O)Cc2ccc(-c3cncc(CCc4ccccc4Cl)c3)cc21. The zero-order valence-electron chi connectivity index (χ0n) is 14.6. The molecule has 0 unspecified atom stereocenters. The molecule has 0 atom stereocenters. The van der Waals surface area contributed by atoms with E-state index in [1.807, 2.05) is 43.7 Å². The van der Waals surface area contributed by atoms with Crippen LogP contribution >= 0.6 is 11.6 Å². The number of pyridine rings is 1. The number of carbonyl (C=O) groups is 1. The lowest BCUT2D eigenvalue weighted by Gasteiger charge is -2.12. The molecule has 2 aromatic carbocycles. The lowest BCUT2D eigenvalue weighted by Crippen LogP contribution is -2.20. The quantitative estimate of drug-likeness (QED) is 0.673. The Morgan fingerprint density at radius 2 is 1.88 bits per heavy atom. The number of aromatic nitrogens is 1. The summed E-state index contributed by atoms with van der Waals surface area (Å²) in [6.07, 6.45) is 6.03. The lowest BCUT2D eigenvalue weighted by atomic mass is 10.00. The van der Waals surface area contributed by atoms with Crippen LogP contribution in [0.3, 0.4) is 0 Å². The molecule has 0 aliphatic carbocycles. The molecule has 130 valence electrons. The summed E-state index contributed by atoms with van der Waals surface area (Å²) in [5, 5.41) is 0.808. The third kappa shape index (κ3) is 3.23. The number of rotatable bonds is 4. The van der Waals surface area contributed by atoms with E-state index in [-0.39, 0.29) is 5.91 Å². The summed E-state index contributed by atoms with van der Waals surface area (Å²) in [4.78, 5) is 18.0. The van der Waals surface area contributed by atoms with Crippen LogP contribution in [0.15, 0.2) is 60.9 Å². The van der Waals surface area contributed by atoms with E-state index in [4.69, 9.17) is 11.6 Å². The summed E-state index contributed by atoms with van der Waals surface area (Å²) >= 11 is 6.25. The number of hydrogen-bond donors (Lipinski definition) is 0. The Hall–Kier alpha value is -2.65. The first kappa shape index (κ1) is 16.8. The molecule has 0 saturated heterocycles. The molecule has 4 rings (SSSR count). The van der Waals surface area contributed by atoms with E-state index < -0.39 is 0 Å². The molecule has 4 heteroatoms. The number of amides is 1. The minimum absolute atomic E-state index is 0.142. The largest absolute Gasteiger partial charge is 0.315 e. The van der Waals surface area contributed by atoms with Gasteiger partial charge in [0.2, 0.25) is 5.91 Å². The molecule has 2 heterocycles. The van der Waals surface area contributed by atoms with Crippen LogP contribution in [0.5, 0.6) is 0 Å². The van der Waals surface area contributed by atoms with Gasteiger partial charge in [-0.3, -0.25) is 9.78 Å². The van der Waals surface area contributed by atoms with Gasteiger partial charge in [-0.2, -0.15) is 0 Å². The standard InChI is InChI=1S/C22H19ClN2O/c1-25-21-11-17(8-9-18(21)12-22(25)26)19-10-15(13-24-14-19)6-7-16-4-2-3-5-20(16)23/h2-5,8-11,13-14H,6-7,12H2,1H3. The summed E-state index contributed by atoms with van der Waals surface area (Å²) in [5.74, 6) is 0.142. The summed E-state index contributed by atoms with van der Waals surface area (Å²) in [6.45, 7) is 0. The zero-order valence-corrected chi connectivity index (χ0v) is 15.3. The number of aryl methyl sites for hydroxylation is 2. The molecule has 0 saturated carbocycles. The Balaban J connectivity index is 1.57. The van der Waals surface area contributed by atoms with Crippen molar-refractivity contribution in [3.8, 4) is 11.1 Å². The minimum atomic E-state index is 0.142. The third-order valence-electron chi connectivity index (χ3n) is 4.93. The average molecular weight is 363 g/mol. The van der Waals surface area contributed by atoms with Crippen molar-refractivity contribution in [1.29, 1.82) is 0 Å². The molecular weight excluding hydrogens is 344 g/mol. The molecule has 0 radical (unpaired) electrons. The van der Waals surface area contributed by atoms with Gasteiger partial charge in [-0.25, -0.2) is 0 Å². The highest BCUT2D eigenvalue weighted by Crippen LogP contribution is 2.32. The molecule has 3 nitrogen and oxygen atoms in total. The van der Waals surface area contributed by atoms with Gasteiger partial charge >= 0.3 is 0 Å². The number of benzene rings is 2. The van der Waals surface area contributed by atoms with E-state index in [1.54, 1.807) is 4.90 Å². The number of hydrogen-bond acceptors (Lipinski definition) is 2. The molecule has 1 aromatic heterocycles. The Bertz CT molecular complexity index is 983. The Labute approximate surface area is 158 Å². The highest BCUT2D eigenvalue weighted by Gasteiger charge is 2.24. The van der Waals surface area contributed by atoms with Crippen molar-refractivity contribution in [1.82, 2.24) is 4.98 Å². The second-order valence-corrected chi connectivity index (χ2v) is 7.05. The van der Waals surface area contributed by atoms with E-state index in [0.29, 0.717) is 6.42 Å². The van der Waals surface area contributed by atoms with Crippen LogP contribution in [0, 0.1) is 0 Å². The first-order chi connectivity index (χ1) is 12.6. The molecule has 1 amide bonds. The van der Waals surface area contributed by atoms with Gasteiger partial charge in [-0.1, -0.05) is 41.9 Å². The fraction of sp³-hybridized carbons (Fsp3) is 0.182. The van der Waals surface area contributed by atoms with Crippen molar-refractivity contribution < 1.29 is 4.79 Å². The van der Waals surface area contributed by atoms with Crippen molar-refractivity contribution >= 4 is 23.2 Å². The summed E-state index contributed by atoms with van der Waals surface area (Å²) < 4.78 is 0. The van der Waals surface area contributed by atoms with Crippen molar-refractivity contribution in [2.75, 3.05) is 11.9 Å². The molecule has 1 aliphatic heterocycles. The number of carbonyl (C=O) groups excluding carboxylic acids is 1. The van der Waals surface area contributed by atoms with Crippen LogP contribution in [0.25, 0.3) is 11.1 Å². The number of fused-ring (bicyclic) bond motifs is 1. The maximum Gasteiger partial charge on any atom is 0.231 e. The first-order valence-corrected chi connectivity index (χ1v) is 9.07. The Kier molecular flexibility index (Phi) is 4.48. The van der Waals surface area contributed by atoms with E-state index in [1.165, 1.54) is 5.56 Å². The highest BCUT2D eigenvalue weighted by molar-refractivity contribution is 6.31. The van der Waals surface area contributed by atoms with Gasteiger partial charge < -0.3 is 4.90 Å². The molecule has 0 spiro atoms. The number of anilines is 1. The first-order valence-electron chi connectivity index (χ1n) is 8.69. The van der Waals surface area contributed by atoms with Gasteiger partial charge in [0.05, 0.1) is 6.42 Å². The molecule has 0 fully saturated rings. The average Bonchev–Trinajstić information content (AvgIpc) is 2.95. The highest BCUT2D eigenvalue weighted by atomic mass is 35.5. The molecular formula is C22H19ClN2O. The fourth-order valence-electron chi connectivity index (χ4n) is 3.38. The monoisotopic (exact) mass is 362 g/mol. The number of nitrogens with zero attached hydrogens (tertiary/aromatic N) is 2. The summed E-state index contributed by atoms with van der Waals surface area (Å²) in [7, 11) is 1.83. The fourth-order valence-corrected chi connectivity index (χ4v) is 3.61. The van der Waals surface area contributed by atoms with Crippen LogP contribution in [0.4, 0.5) is 5.69 Å². The van der Waals surface area contributed by atoms with Gasteiger partial charge in [-0.15, -0.1) is 0 Å². The zero-order chi connectivity index (χ0) is 18.1. The summed E-state index contributed by atoms with van der Waals surface area (Å²) in [6, 6.07) is 16.3. The molecule has 26 heavy (non-hydrogen) atoms. The second kappa shape index (κ2) is 6.93. The molecule has 3 aromatic rings. The van der Waals surface area contributed by atoms with Crippen molar-refractivity contribution in [2.45, 2.75) is 19.3 Å². The molecule has 0 N–H and O–H groups in total. The lowest BCUT2D eigenvalue weighted by molar-refractivity contribution is -0.117. The van der Waals surface area contributed by atoms with E-state index >= 15 is 0 Å². The van der Waals surface area contributed by atoms with Crippen LogP contribution in [0.2, 0.25) is 5.02 Å². The Morgan fingerprint density at radius 1 is 1.04 bits per heavy atom. The topological polar surface area (TPSA) is 33.2 Å². The smallest absolute Gasteiger partial charge is 0.231 e. The van der Waals surface area contributed by atoms with Crippen LogP contribution in [-0.2, 0) is 24.1 Å². The van der Waals surface area contributed by atoms with E-state index in [0.717, 1.165) is 45.8 Å². The minimum Gasteiger partial charge on any atom is -0.315 e. The molecule has 1 aliphatic rings.